The summed E-state index contributed by atoms with van der Waals surface area (Å²) in [6, 6.07) is 22.1. The minimum atomic E-state index is 0.639. The largest absolute Gasteiger partial charge is 0.494 e. The number of halogens is 2. The van der Waals surface area contributed by atoms with Crippen molar-refractivity contribution in [2.75, 3.05) is 6.61 Å². The van der Waals surface area contributed by atoms with Crippen molar-refractivity contribution < 1.29 is 4.74 Å². The average molecular weight is 511 g/mol. The highest BCUT2D eigenvalue weighted by molar-refractivity contribution is 9.11. The Morgan fingerprint density at radius 1 is 0.862 bits per heavy atom. The number of ether oxygens (including phenoxy) is 1. The summed E-state index contributed by atoms with van der Waals surface area (Å²) in [6.07, 6.45) is 0.866. The molecule has 0 aliphatic heterocycles. The summed E-state index contributed by atoms with van der Waals surface area (Å²) in [5, 5.41) is 1.09. The van der Waals surface area contributed by atoms with Gasteiger partial charge in [0.15, 0.2) is 5.65 Å². The van der Waals surface area contributed by atoms with Gasteiger partial charge in [-0.05, 0) is 58.7 Å². The lowest BCUT2D eigenvalue weighted by atomic mass is 10.2. The Morgan fingerprint density at radius 3 is 2.38 bits per heavy atom. The Balaban J connectivity index is 1.57. The molecule has 0 saturated heterocycles. The molecule has 144 valence electrons. The monoisotopic (exact) mass is 509 g/mol. The van der Waals surface area contributed by atoms with Gasteiger partial charge in [-0.25, -0.2) is 9.97 Å². The molecule has 0 saturated carbocycles. The fourth-order valence-electron chi connectivity index (χ4n) is 3.63. The number of aryl methyl sites for hydroxylation is 1. The molecule has 6 heteroatoms. The number of hydrogen-bond donors (Lipinski definition) is 0. The van der Waals surface area contributed by atoms with Crippen LogP contribution < -0.4 is 4.74 Å². The van der Waals surface area contributed by atoms with Crippen molar-refractivity contribution in [2.24, 2.45) is 0 Å². The van der Waals surface area contributed by atoms with Crippen LogP contribution in [0, 0.1) is 0 Å². The van der Waals surface area contributed by atoms with Gasteiger partial charge in [0.25, 0.3) is 0 Å². The number of hydrogen-bond acceptors (Lipinski definition) is 3. The Morgan fingerprint density at radius 2 is 1.59 bits per heavy atom. The van der Waals surface area contributed by atoms with Gasteiger partial charge in [0, 0.05) is 20.9 Å². The second kappa shape index (κ2) is 7.76. The van der Waals surface area contributed by atoms with Crippen molar-refractivity contribution in [1.82, 2.24) is 14.5 Å². The summed E-state index contributed by atoms with van der Waals surface area (Å²) in [4.78, 5) is 9.87. The van der Waals surface area contributed by atoms with E-state index in [-0.39, 0.29) is 0 Å². The second-order valence-corrected chi connectivity index (χ2v) is 8.61. The molecule has 4 nitrogen and oxygen atoms in total. The van der Waals surface area contributed by atoms with Crippen LogP contribution in [-0.2, 0) is 6.54 Å². The van der Waals surface area contributed by atoms with Gasteiger partial charge in [-0.2, -0.15) is 0 Å². The zero-order chi connectivity index (χ0) is 19.8. The van der Waals surface area contributed by atoms with Gasteiger partial charge in [0.1, 0.15) is 11.3 Å². The van der Waals surface area contributed by atoms with Crippen molar-refractivity contribution in [1.29, 1.82) is 0 Å². The minimum absolute atomic E-state index is 0.639. The number of para-hydroxylation sites is 3. The quantitative estimate of drug-likeness (QED) is 0.246. The Kier molecular flexibility index (Phi) is 4.97. The lowest BCUT2D eigenvalue weighted by Gasteiger charge is -2.10. The van der Waals surface area contributed by atoms with Gasteiger partial charge in [-0.1, -0.05) is 46.3 Å². The van der Waals surface area contributed by atoms with Crippen LogP contribution in [0.1, 0.15) is 6.42 Å². The van der Waals surface area contributed by atoms with Crippen LogP contribution in [0.4, 0.5) is 0 Å². The molecular weight excluding hydrogens is 494 g/mol. The summed E-state index contributed by atoms with van der Waals surface area (Å²) in [5.41, 5.74) is 4.74. The molecule has 0 aliphatic carbocycles. The van der Waals surface area contributed by atoms with Crippen LogP contribution in [0.2, 0.25) is 0 Å². The van der Waals surface area contributed by atoms with Crippen molar-refractivity contribution in [3.8, 4) is 5.75 Å². The van der Waals surface area contributed by atoms with E-state index in [4.69, 9.17) is 14.7 Å². The smallest absolute Gasteiger partial charge is 0.160 e. The Labute approximate surface area is 184 Å². The van der Waals surface area contributed by atoms with Gasteiger partial charge in [0.05, 0.1) is 23.2 Å². The van der Waals surface area contributed by atoms with E-state index in [0.717, 1.165) is 60.8 Å². The summed E-state index contributed by atoms with van der Waals surface area (Å²) in [6.45, 7) is 1.43. The molecule has 2 heterocycles. The van der Waals surface area contributed by atoms with Crippen LogP contribution in [0.3, 0.4) is 0 Å². The SMILES string of the molecule is Brc1cc(Br)c2c(c1)c1nc3ccccc3nc1n2CCCOc1ccccc1. The lowest BCUT2D eigenvalue weighted by molar-refractivity contribution is 0.303. The van der Waals surface area contributed by atoms with E-state index >= 15 is 0 Å². The molecule has 5 aromatic rings. The van der Waals surface area contributed by atoms with Gasteiger partial charge in [-0.15, -0.1) is 0 Å². The predicted octanol–water partition coefficient (Wildman–Crippen LogP) is 6.73. The maximum absolute atomic E-state index is 5.88. The Bertz CT molecular complexity index is 1330. The summed E-state index contributed by atoms with van der Waals surface area (Å²) in [5.74, 6) is 0.894. The van der Waals surface area contributed by atoms with E-state index in [1.807, 2.05) is 54.6 Å². The van der Waals surface area contributed by atoms with Crippen LogP contribution in [-0.4, -0.2) is 21.1 Å². The first-order valence-corrected chi connectivity index (χ1v) is 11.0. The fraction of sp³-hybridized carbons (Fsp3) is 0.130. The molecule has 2 aromatic heterocycles. The first-order chi connectivity index (χ1) is 14.2. The van der Waals surface area contributed by atoms with E-state index in [1.165, 1.54) is 0 Å². The number of benzene rings is 3. The molecule has 0 amide bonds. The summed E-state index contributed by atoms with van der Waals surface area (Å²) in [7, 11) is 0. The summed E-state index contributed by atoms with van der Waals surface area (Å²) < 4.78 is 10.2. The van der Waals surface area contributed by atoms with Crippen molar-refractivity contribution in [3.05, 3.63) is 75.7 Å². The van der Waals surface area contributed by atoms with Gasteiger partial charge in [-0.3, -0.25) is 0 Å². The molecule has 0 radical (unpaired) electrons. The first kappa shape index (κ1) is 18.6. The lowest BCUT2D eigenvalue weighted by Crippen LogP contribution is -2.05. The minimum Gasteiger partial charge on any atom is -0.494 e. The molecule has 29 heavy (non-hydrogen) atoms. The van der Waals surface area contributed by atoms with Crippen LogP contribution in [0.15, 0.2) is 75.7 Å². The van der Waals surface area contributed by atoms with E-state index in [9.17, 15) is 0 Å². The average Bonchev–Trinajstić information content (AvgIpc) is 3.03. The topological polar surface area (TPSA) is 39.9 Å². The standard InChI is InChI=1S/C23H17Br2N3O/c24-15-13-17-21-23(27-20-10-5-4-9-19(20)26-21)28(22(17)18(25)14-15)11-6-12-29-16-7-2-1-3-8-16/h1-5,7-10,13-14H,6,11-12H2. The third kappa shape index (κ3) is 3.51. The first-order valence-electron chi connectivity index (χ1n) is 9.42. The van der Waals surface area contributed by atoms with Crippen molar-refractivity contribution in [3.63, 3.8) is 0 Å². The third-order valence-electron chi connectivity index (χ3n) is 4.90. The zero-order valence-corrected chi connectivity index (χ0v) is 18.6. The molecule has 0 N–H and O–H groups in total. The molecule has 0 aliphatic rings. The van der Waals surface area contributed by atoms with E-state index < -0.39 is 0 Å². The molecule has 0 spiro atoms. The highest BCUT2D eigenvalue weighted by atomic mass is 79.9. The van der Waals surface area contributed by atoms with E-state index in [2.05, 4.69) is 48.6 Å². The molecule has 0 unspecified atom stereocenters. The number of fused-ring (bicyclic) bond motifs is 4. The maximum atomic E-state index is 5.88. The van der Waals surface area contributed by atoms with Gasteiger partial charge in [0.2, 0.25) is 0 Å². The molecular formula is C23H17Br2N3O. The second-order valence-electron chi connectivity index (χ2n) is 6.84. The highest BCUT2D eigenvalue weighted by Crippen LogP contribution is 2.35. The molecule has 3 aromatic carbocycles. The number of nitrogens with zero attached hydrogens (tertiary/aromatic N) is 3. The van der Waals surface area contributed by atoms with Crippen molar-refractivity contribution in [2.45, 2.75) is 13.0 Å². The van der Waals surface area contributed by atoms with Crippen LogP contribution >= 0.6 is 31.9 Å². The van der Waals surface area contributed by atoms with E-state index in [0.29, 0.717) is 6.61 Å². The van der Waals surface area contributed by atoms with Crippen molar-refractivity contribution >= 4 is 65.0 Å². The van der Waals surface area contributed by atoms with Crippen LogP contribution in [0.25, 0.3) is 33.1 Å². The predicted molar refractivity (Wildman–Crippen MR) is 124 cm³/mol. The maximum Gasteiger partial charge on any atom is 0.160 e. The summed E-state index contributed by atoms with van der Waals surface area (Å²) >= 11 is 7.35. The molecule has 5 rings (SSSR count). The fourth-order valence-corrected chi connectivity index (χ4v) is 5.07. The number of rotatable bonds is 5. The molecule has 0 atom stereocenters. The van der Waals surface area contributed by atoms with E-state index in [1.54, 1.807) is 0 Å². The Hall–Kier alpha value is -2.44. The van der Waals surface area contributed by atoms with Crippen LogP contribution in [0.5, 0.6) is 5.75 Å². The normalized spacial score (nSPS) is 11.5. The van der Waals surface area contributed by atoms with Gasteiger partial charge >= 0.3 is 0 Å². The zero-order valence-electron chi connectivity index (χ0n) is 15.5. The number of aromatic nitrogens is 3. The highest BCUT2D eigenvalue weighted by Gasteiger charge is 2.17. The van der Waals surface area contributed by atoms with Gasteiger partial charge < -0.3 is 9.30 Å². The molecule has 0 bridgehead atoms. The molecule has 0 fully saturated rings. The third-order valence-corrected chi connectivity index (χ3v) is 5.96.